The molecule has 1 amide bonds. The van der Waals surface area contributed by atoms with E-state index in [1.807, 2.05) is 13.0 Å². The number of anilines is 1. The molecule has 0 N–H and O–H groups in total. The Bertz CT molecular complexity index is 653. The van der Waals surface area contributed by atoms with Crippen LogP contribution in [0.25, 0.3) is 0 Å². The number of carbonyl (C=O) groups is 1. The minimum Gasteiger partial charge on any atom is -0.308 e. The molecule has 0 aliphatic carbocycles. The van der Waals surface area contributed by atoms with E-state index < -0.39 is 17.6 Å². The van der Waals surface area contributed by atoms with E-state index in [4.69, 9.17) is 0 Å². The summed E-state index contributed by atoms with van der Waals surface area (Å²) < 4.78 is 38.5. The Morgan fingerprint density at radius 2 is 1.74 bits per heavy atom. The molecular weight excluding hydrogens is 303 g/mol. The van der Waals surface area contributed by atoms with E-state index in [2.05, 4.69) is 0 Å². The van der Waals surface area contributed by atoms with Gasteiger partial charge in [-0.15, -0.1) is 0 Å². The number of alkyl halides is 3. The summed E-state index contributed by atoms with van der Waals surface area (Å²) in [5.41, 5.74) is -0.0880. The van der Waals surface area contributed by atoms with Gasteiger partial charge in [-0.25, -0.2) is 0 Å². The number of carbonyl (C=O) groups excluding carboxylic acids is 1. The van der Waals surface area contributed by atoms with Crippen LogP contribution in [0.2, 0.25) is 0 Å². The van der Waals surface area contributed by atoms with Gasteiger partial charge in [-0.05, 0) is 36.8 Å². The Labute approximate surface area is 133 Å². The summed E-state index contributed by atoms with van der Waals surface area (Å²) in [7, 11) is 0. The number of rotatable bonds is 5. The van der Waals surface area contributed by atoms with Crippen LogP contribution in [-0.2, 0) is 6.18 Å². The van der Waals surface area contributed by atoms with Crippen molar-refractivity contribution in [3.63, 3.8) is 0 Å². The number of hydrogen-bond donors (Lipinski definition) is 0. The first kappa shape index (κ1) is 17.1. The van der Waals surface area contributed by atoms with Crippen molar-refractivity contribution in [2.24, 2.45) is 0 Å². The summed E-state index contributed by atoms with van der Waals surface area (Å²) in [6.45, 7) is 2.47. The van der Waals surface area contributed by atoms with E-state index in [-0.39, 0.29) is 5.56 Å². The molecule has 0 fully saturated rings. The van der Waals surface area contributed by atoms with Crippen molar-refractivity contribution in [1.29, 1.82) is 0 Å². The SMILES string of the molecule is CCCCN(C(=O)c1cccc(C(F)(F)F)c1)c1ccccc1. The summed E-state index contributed by atoms with van der Waals surface area (Å²) in [6, 6.07) is 13.5. The summed E-state index contributed by atoms with van der Waals surface area (Å²) in [5, 5.41) is 0. The van der Waals surface area contributed by atoms with Gasteiger partial charge in [0, 0.05) is 17.8 Å². The number of para-hydroxylation sites is 1. The zero-order valence-electron chi connectivity index (χ0n) is 12.8. The van der Waals surface area contributed by atoms with Gasteiger partial charge in [-0.1, -0.05) is 37.6 Å². The molecule has 122 valence electrons. The number of nitrogens with zero attached hydrogens (tertiary/aromatic N) is 1. The highest BCUT2D eigenvalue weighted by Gasteiger charge is 2.31. The molecule has 0 unspecified atom stereocenters. The smallest absolute Gasteiger partial charge is 0.308 e. The highest BCUT2D eigenvalue weighted by molar-refractivity contribution is 6.06. The highest BCUT2D eigenvalue weighted by atomic mass is 19.4. The zero-order chi connectivity index (χ0) is 16.9. The van der Waals surface area contributed by atoms with Crippen molar-refractivity contribution in [1.82, 2.24) is 0 Å². The summed E-state index contributed by atoms with van der Waals surface area (Å²) in [5.74, 6) is -0.421. The highest BCUT2D eigenvalue weighted by Crippen LogP contribution is 2.30. The van der Waals surface area contributed by atoms with Crippen LogP contribution in [0.4, 0.5) is 18.9 Å². The quantitative estimate of drug-likeness (QED) is 0.745. The Balaban J connectivity index is 2.34. The fourth-order valence-corrected chi connectivity index (χ4v) is 2.26. The van der Waals surface area contributed by atoms with Gasteiger partial charge in [0.2, 0.25) is 0 Å². The van der Waals surface area contributed by atoms with Crippen LogP contribution in [0.5, 0.6) is 0 Å². The molecule has 2 nitrogen and oxygen atoms in total. The lowest BCUT2D eigenvalue weighted by molar-refractivity contribution is -0.137. The van der Waals surface area contributed by atoms with Crippen LogP contribution in [-0.4, -0.2) is 12.5 Å². The monoisotopic (exact) mass is 321 g/mol. The summed E-state index contributed by atoms with van der Waals surface area (Å²) in [4.78, 5) is 14.2. The van der Waals surface area contributed by atoms with Gasteiger partial charge < -0.3 is 4.90 Å². The molecule has 0 aliphatic rings. The summed E-state index contributed by atoms with van der Waals surface area (Å²) >= 11 is 0. The number of amides is 1. The van der Waals surface area contributed by atoms with Crippen LogP contribution >= 0.6 is 0 Å². The van der Waals surface area contributed by atoms with Crippen molar-refractivity contribution in [2.45, 2.75) is 25.9 Å². The average molecular weight is 321 g/mol. The molecule has 0 aliphatic heterocycles. The second kappa shape index (κ2) is 7.31. The number of halogens is 3. The lowest BCUT2D eigenvalue weighted by Crippen LogP contribution is -2.32. The van der Waals surface area contributed by atoms with E-state index in [0.717, 1.165) is 25.0 Å². The Morgan fingerprint density at radius 1 is 1.04 bits per heavy atom. The van der Waals surface area contributed by atoms with E-state index in [1.165, 1.54) is 17.0 Å². The average Bonchev–Trinajstić information content (AvgIpc) is 2.55. The van der Waals surface area contributed by atoms with Crippen LogP contribution in [0.3, 0.4) is 0 Å². The van der Waals surface area contributed by atoms with E-state index >= 15 is 0 Å². The number of hydrogen-bond acceptors (Lipinski definition) is 1. The fourth-order valence-electron chi connectivity index (χ4n) is 2.26. The van der Waals surface area contributed by atoms with Crippen molar-refractivity contribution < 1.29 is 18.0 Å². The number of unbranched alkanes of at least 4 members (excludes halogenated alkanes) is 1. The molecule has 23 heavy (non-hydrogen) atoms. The Kier molecular flexibility index (Phi) is 5.42. The first-order valence-corrected chi connectivity index (χ1v) is 7.47. The molecule has 0 saturated heterocycles. The van der Waals surface area contributed by atoms with Crippen molar-refractivity contribution in [3.05, 3.63) is 65.7 Å². The van der Waals surface area contributed by atoms with Crippen molar-refractivity contribution in [3.8, 4) is 0 Å². The molecular formula is C18H18F3NO. The lowest BCUT2D eigenvalue weighted by atomic mass is 10.1. The first-order chi connectivity index (χ1) is 10.9. The molecule has 2 rings (SSSR count). The first-order valence-electron chi connectivity index (χ1n) is 7.47. The fraction of sp³-hybridized carbons (Fsp3) is 0.278. The maximum Gasteiger partial charge on any atom is 0.416 e. The zero-order valence-corrected chi connectivity index (χ0v) is 12.8. The van der Waals surface area contributed by atoms with E-state index in [9.17, 15) is 18.0 Å². The maximum absolute atomic E-state index is 12.8. The standard InChI is InChI=1S/C18H18F3NO/c1-2-3-12-22(16-10-5-4-6-11-16)17(23)14-8-7-9-15(13-14)18(19,20)21/h4-11,13H,2-3,12H2,1H3. The topological polar surface area (TPSA) is 20.3 Å². The Hall–Kier alpha value is -2.30. The molecule has 0 bridgehead atoms. The van der Waals surface area contributed by atoms with Crippen LogP contribution in [0.15, 0.2) is 54.6 Å². The summed E-state index contributed by atoms with van der Waals surface area (Å²) in [6.07, 6.45) is -2.80. The normalized spacial score (nSPS) is 11.3. The van der Waals surface area contributed by atoms with E-state index in [1.54, 1.807) is 24.3 Å². The molecule has 0 saturated carbocycles. The largest absolute Gasteiger partial charge is 0.416 e. The molecule has 0 atom stereocenters. The third-order valence-electron chi connectivity index (χ3n) is 3.49. The molecule has 0 radical (unpaired) electrons. The van der Waals surface area contributed by atoms with Crippen molar-refractivity contribution >= 4 is 11.6 Å². The predicted octanol–water partition coefficient (Wildman–Crippen LogP) is 5.15. The minimum absolute atomic E-state index is 0.0415. The minimum atomic E-state index is -4.46. The van der Waals surface area contributed by atoms with Gasteiger partial charge >= 0.3 is 6.18 Å². The van der Waals surface area contributed by atoms with Gasteiger partial charge in [0.1, 0.15) is 0 Å². The van der Waals surface area contributed by atoms with Crippen LogP contribution in [0.1, 0.15) is 35.7 Å². The van der Waals surface area contributed by atoms with Gasteiger partial charge in [0.05, 0.1) is 5.56 Å². The van der Waals surface area contributed by atoms with Crippen molar-refractivity contribution in [2.75, 3.05) is 11.4 Å². The van der Waals surface area contributed by atoms with E-state index in [0.29, 0.717) is 12.2 Å². The van der Waals surface area contributed by atoms with Crippen LogP contribution < -0.4 is 4.90 Å². The lowest BCUT2D eigenvalue weighted by Gasteiger charge is -2.23. The molecule has 0 spiro atoms. The van der Waals surface area contributed by atoms with Crippen LogP contribution in [0, 0.1) is 0 Å². The molecule has 0 aromatic heterocycles. The molecule has 2 aromatic rings. The predicted molar refractivity (Wildman–Crippen MR) is 84.5 cm³/mol. The van der Waals surface area contributed by atoms with Gasteiger partial charge in [-0.3, -0.25) is 4.79 Å². The molecule has 5 heteroatoms. The second-order valence-electron chi connectivity index (χ2n) is 5.22. The second-order valence-corrected chi connectivity index (χ2v) is 5.22. The number of benzene rings is 2. The van der Waals surface area contributed by atoms with Gasteiger partial charge in [-0.2, -0.15) is 13.2 Å². The molecule has 2 aromatic carbocycles. The van der Waals surface area contributed by atoms with Gasteiger partial charge in [0.15, 0.2) is 0 Å². The Morgan fingerprint density at radius 3 is 2.35 bits per heavy atom. The maximum atomic E-state index is 12.8. The third kappa shape index (κ3) is 4.34. The molecule has 0 heterocycles. The van der Waals surface area contributed by atoms with Gasteiger partial charge in [0.25, 0.3) is 5.91 Å². The third-order valence-corrected chi connectivity index (χ3v) is 3.49.